The monoisotopic (exact) mass is 397 g/mol. The zero-order valence-corrected chi connectivity index (χ0v) is 18.7. The summed E-state index contributed by atoms with van der Waals surface area (Å²) in [5.74, 6) is 1.59. The summed E-state index contributed by atoms with van der Waals surface area (Å²) in [6.07, 6.45) is 4.03. The second-order valence-corrected chi connectivity index (χ2v) is 9.33. The summed E-state index contributed by atoms with van der Waals surface area (Å²) < 4.78 is 11.2. The smallest absolute Gasteiger partial charge is 0.165 e. The second-order valence-electron chi connectivity index (χ2n) is 9.33. The molecule has 1 aromatic heterocycles. The maximum atomic E-state index is 5.71. The average molecular weight is 398 g/mol. The Balaban J connectivity index is 1.94. The highest BCUT2D eigenvalue weighted by atomic mass is 16.5. The third-order valence-corrected chi connectivity index (χ3v) is 5.63. The number of benzene rings is 1. The van der Waals surface area contributed by atoms with Crippen molar-refractivity contribution in [3.8, 4) is 11.5 Å². The van der Waals surface area contributed by atoms with Crippen LogP contribution in [-0.2, 0) is 13.1 Å². The molecule has 1 aromatic carbocycles. The number of nitrogens with one attached hydrogen (secondary N) is 1. The van der Waals surface area contributed by atoms with Crippen LogP contribution >= 0.6 is 0 Å². The van der Waals surface area contributed by atoms with Crippen molar-refractivity contribution >= 4 is 0 Å². The molecule has 1 fully saturated rings. The first kappa shape index (κ1) is 21.6. The normalized spacial score (nSPS) is 18.6. The van der Waals surface area contributed by atoms with Gasteiger partial charge in [-0.2, -0.15) is 0 Å². The number of para-hydroxylation sites is 1. The van der Waals surface area contributed by atoms with E-state index in [9.17, 15) is 0 Å². The molecule has 2 heterocycles. The van der Waals surface area contributed by atoms with Gasteiger partial charge in [0.15, 0.2) is 11.5 Å². The average Bonchev–Trinajstić information content (AvgIpc) is 2.65. The summed E-state index contributed by atoms with van der Waals surface area (Å²) in [5.41, 5.74) is 2.38. The minimum Gasteiger partial charge on any atom is -0.493 e. The molecule has 1 aliphatic rings. The maximum Gasteiger partial charge on any atom is 0.165 e. The van der Waals surface area contributed by atoms with Crippen LogP contribution in [-0.4, -0.2) is 41.2 Å². The Morgan fingerprint density at radius 2 is 1.69 bits per heavy atom. The predicted molar refractivity (Wildman–Crippen MR) is 117 cm³/mol. The highest BCUT2D eigenvalue weighted by Crippen LogP contribution is 2.36. The highest BCUT2D eigenvalue weighted by molar-refractivity contribution is 5.46. The van der Waals surface area contributed by atoms with Crippen molar-refractivity contribution in [2.45, 2.75) is 70.7 Å². The van der Waals surface area contributed by atoms with E-state index in [0.29, 0.717) is 6.04 Å². The molecule has 29 heavy (non-hydrogen) atoms. The fraction of sp³-hybridized carbons (Fsp3) is 0.542. The number of rotatable bonds is 7. The molecule has 0 amide bonds. The first-order valence-corrected chi connectivity index (χ1v) is 10.4. The van der Waals surface area contributed by atoms with Crippen molar-refractivity contribution in [1.29, 1.82) is 0 Å². The van der Waals surface area contributed by atoms with Crippen LogP contribution in [0.5, 0.6) is 11.5 Å². The van der Waals surface area contributed by atoms with Gasteiger partial charge in [-0.1, -0.05) is 18.2 Å². The maximum absolute atomic E-state index is 5.71. The minimum atomic E-state index is 0.0766. The van der Waals surface area contributed by atoms with E-state index in [4.69, 9.17) is 9.47 Å². The van der Waals surface area contributed by atoms with Gasteiger partial charge in [0.2, 0.25) is 0 Å². The summed E-state index contributed by atoms with van der Waals surface area (Å²) in [6.45, 7) is 10.8. The third kappa shape index (κ3) is 5.49. The SMILES string of the molecule is COc1cccc(CN(Cc2ccccn2)C2CC(C)(C)NC(C)(C)C2)c1OC. The van der Waals surface area contributed by atoms with Gasteiger partial charge in [0.25, 0.3) is 0 Å². The van der Waals surface area contributed by atoms with Crippen molar-refractivity contribution in [3.63, 3.8) is 0 Å². The lowest BCUT2D eigenvalue weighted by atomic mass is 9.79. The number of hydrogen-bond acceptors (Lipinski definition) is 5. The molecule has 3 rings (SSSR count). The molecule has 158 valence electrons. The van der Waals surface area contributed by atoms with Crippen LogP contribution in [0.4, 0.5) is 0 Å². The molecule has 1 N–H and O–H groups in total. The number of pyridine rings is 1. The Morgan fingerprint density at radius 3 is 2.28 bits per heavy atom. The van der Waals surface area contributed by atoms with Gasteiger partial charge in [0.05, 0.1) is 19.9 Å². The van der Waals surface area contributed by atoms with Crippen LogP contribution in [0, 0.1) is 0 Å². The van der Waals surface area contributed by atoms with Crippen LogP contribution < -0.4 is 14.8 Å². The number of methoxy groups -OCH3 is 2. The van der Waals surface area contributed by atoms with E-state index in [2.05, 4.69) is 61.1 Å². The number of nitrogens with zero attached hydrogens (tertiary/aromatic N) is 2. The van der Waals surface area contributed by atoms with Crippen LogP contribution in [0.1, 0.15) is 51.8 Å². The standard InChI is InChI=1S/C24H35N3O2/c1-23(2)14-20(15-24(3,4)26-23)27(17-19-11-7-8-13-25-19)16-18-10-9-12-21(28-5)22(18)29-6/h7-13,20,26H,14-17H2,1-6H3. The van der Waals surface area contributed by atoms with E-state index < -0.39 is 0 Å². The molecule has 0 aliphatic carbocycles. The highest BCUT2D eigenvalue weighted by Gasteiger charge is 2.40. The van der Waals surface area contributed by atoms with E-state index in [1.165, 1.54) is 0 Å². The Kier molecular flexibility index (Phi) is 6.49. The van der Waals surface area contributed by atoms with E-state index in [1.807, 2.05) is 24.4 Å². The molecule has 1 aliphatic heterocycles. The zero-order chi connectivity index (χ0) is 21.1. The van der Waals surface area contributed by atoms with E-state index in [-0.39, 0.29) is 11.1 Å². The van der Waals surface area contributed by atoms with Crippen LogP contribution in [0.3, 0.4) is 0 Å². The molecule has 5 heteroatoms. The van der Waals surface area contributed by atoms with Gasteiger partial charge in [0, 0.05) is 42.0 Å². The number of ether oxygens (including phenoxy) is 2. The minimum absolute atomic E-state index is 0.0766. The predicted octanol–water partition coefficient (Wildman–Crippen LogP) is 4.41. The number of piperidine rings is 1. The van der Waals surface area contributed by atoms with Crippen LogP contribution in [0.25, 0.3) is 0 Å². The fourth-order valence-electron chi connectivity index (χ4n) is 4.84. The van der Waals surface area contributed by atoms with E-state index in [0.717, 1.165) is 48.7 Å². The van der Waals surface area contributed by atoms with Crippen molar-refractivity contribution in [2.24, 2.45) is 0 Å². The molecule has 0 saturated carbocycles. The Hall–Kier alpha value is -2.11. The summed E-state index contributed by atoms with van der Waals surface area (Å²) in [5, 5.41) is 3.80. The van der Waals surface area contributed by atoms with Gasteiger partial charge >= 0.3 is 0 Å². The molecular weight excluding hydrogens is 362 g/mol. The van der Waals surface area contributed by atoms with Gasteiger partial charge < -0.3 is 14.8 Å². The molecule has 0 unspecified atom stereocenters. The summed E-state index contributed by atoms with van der Waals surface area (Å²) in [6, 6.07) is 12.7. The van der Waals surface area contributed by atoms with E-state index >= 15 is 0 Å². The largest absolute Gasteiger partial charge is 0.493 e. The van der Waals surface area contributed by atoms with Crippen molar-refractivity contribution in [2.75, 3.05) is 14.2 Å². The first-order valence-electron chi connectivity index (χ1n) is 10.4. The molecule has 2 aromatic rings. The number of hydrogen-bond donors (Lipinski definition) is 1. The lowest BCUT2D eigenvalue weighted by Crippen LogP contribution is -2.62. The summed E-state index contributed by atoms with van der Waals surface area (Å²) in [7, 11) is 3.40. The van der Waals surface area contributed by atoms with Gasteiger partial charge in [-0.05, 0) is 58.7 Å². The van der Waals surface area contributed by atoms with Gasteiger partial charge in [-0.25, -0.2) is 0 Å². The van der Waals surface area contributed by atoms with E-state index in [1.54, 1.807) is 14.2 Å². The molecular formula is C24H35N3O2. The molecule has 0 spiro atoms. The number of aromatic nitrogens is 1. The Morgan fingerprint density at radius 1 is 0.966 bits per heavy atom. The van der Waals surface area contributed by atoms with Crippen LogP contribution in [0.2, 0.25) is 0 Å². The topological polar surface area (TPSA) is 46.6 Å². The summed E-state index contributed by atoms with van der Waals surface area (Å²) >= 11 is 0. The van der Waals surface area contributed by atoms with Crippen molar-refractivity contribution in [3.05, 3.63) is 53.9 Å². The molecule has 0 radical (unpaired) electrons. The molecule has 0 atom stereocenters. The van der Waals surface area contributed by atoms with Crippen molar-refractivity contribution in [1.82, 2.24) is 15.2 Å². The zero-order valence-electron chi connectivity index (χ0n) is 18.7. The lowest BCUT2D eigenvalue weighted by molar-refractivity contribution is 0.0551. The molecule has 1 saturated heterocycles. The van der Waals surface area contributed by atoms with Gasteiger partial charge in [-0.15, -0.1) is 0 Å². The van der Waals surface area contributed by atoms with Crippen molar-refractivity contribution < 1.29 is 9.47 Å². The van der Waals surface area contributed by atoms with Gasteiger partial charge in [0.1, 0.15) is 0 Å². The van der Waals surface area contributed by atoms with Gasteiger partial charge in [-0.3, -0.25) is 9.88 Å². The molecule has 5 nitrogen and oxygen atoms in total. The Bertz CT molecular complexity index is 789. The Labute approximate surface area is 175 Å². The second kappa shape index (κ2) is 8.72. The lowest BCUT2D eigenvalue weighted by Gasteiger charge is -2.49. The molecule has 0 bridgehead atoms. The summed E-state index contributed by atoms with van der Waals surface area (Å²) in [4.78, 5) is 7.14. The first-order chi connectivity index (χ1) is 13.7. The fourth-order valence-corrected chi connectivity index (χ4v) is 4.84. The quantitative estimate of drug-likeness (QED) is 0.750. The third-order valence-electron chi connectivity index (χ3n) is 5.63. The van der Waals surface area contributed by atoms with Crippen LogP contribution in [0.15, 0.2) is 42.6 Å².